The van der Waals surface area contributed by atoms with Gasteiger partial charge in [0, 0.05) is 11.6 Å². The lowest BCUT2D eigenvalue weighted by Gasteiger charge is -2.12. The third-order valence-corrected chi connectivity index (χ3v) is 2.27. The van der Waals surface area contributed by atoms with E-state index in [1.807, 2.05) is 18.2 Å². The Morgan fingerprint density at radius 1 is 1.00 bits per heavy atom. The highest BCUT2D eigenvalue weighted by Gasteiger charge is 2.19. The van der Waals surface area contributed by atoms with E-state index in [1.54, 1.807) is 14.2 Å². The minimum atomic E-state index is -0.297. The second-order valence-corrected chi connectivity index (χ2v) is 3.22. The summed E-state index contributed by atoms with van der Waals surface area (Å²) in [6.45, 7) is 1.26. The van der Waals surface area contributed by atoms with Crippen LogP contribution in [-0.2, 0) is 9.47 Å². The highest BCUT2D eigenvalue weighted by Crippen LogP contribution is 2.30. The summed E-state index contributed by atoms with van der Waals surface area (Å²) >= 11 is 0. The zero-order valence-corrected chi connectivity index (χ0v) is 8.86. The molecule has 0 amide bonds. The van der Waals surface area contributed by atoms with Gasteiger partial charge in [-0.15, -0.1) is 0 Å². The second kappa shape index (κ2) is 4.51. The molecule has 1 fully saturated rings. The molecule has 1 heterocycles. The van der Waals surface area contributed by atoms with Gasteiger partial charge in [0.15, 0.2) is 6.29 Å². The van der Waals surface area contributed by atoms with Crippen molar-refractivity contribution >= 4 is 0 Å². The molecule has 0 atom stereocenters. The van der Waals surface area contributed by atoms with Crippen molar-refractivity contribution in [3.63, 3.8) is 0 Å². The first-order valence-electron chi connectivity index (χ1n) is 4.79. The monoisotopic (exact) mass is 210 g/mol. The molecule has 4 heteroatoms. The van der Waals surface area contributed by atoms with Gasteiger partial charge in [-0.1, -0.05) is 0 Å². The smallest absolute Gasteiger partial charge is 0.184 e. The summed E-state index contributed by atoms with van der Waals surface area (Å²) in [7, 11) is 3.24. The predicted molar refractivity (Wildman–Crippen MR) is 54.2 cm³/mol. The van der Waals surface area contributed by atoms with Crippen molar-refractivity contribution < 1.29 is 18.9 Å². The lowest BCUT2D eigenvalue weighted by Crippen LogP contribution is -1.99. The first-order chi connectivity index (χ1) is 7.33. The third kappa shape index (κ3) is 2.22. The Balaban J connectivity index is 2.28. The summed E-state index contributed by atoms with van der Waals surface area (Å²) in [4.78, 5) is 0. The molecule has 1 aliphatic heterocycles. The second-order valence-electron chi connectivity index (χ2n) is 3.22. The van der Waals surface area contributed by atoms with Crippen LogP contribution in [0.5, 0.6) is 11.5 Å². The lowest BCUT2D eigenvalue weighted by atomic mass is 10.2. The van der Waals surface area contributed by atoms with Gasteiger partial charge < -0.3 is 18.9 Å². The summed E-state index contributed by atoms with van der Waals surface area (Å²) < 4.78 is 21.1. The molecule has 0 spiro atoms. The third-order valence-electron chi connectivity index (χ3n) is 2.27. The molecule has 4 nitrogen and oxygen atoms in total. The molecule has 0 radical (unpaired) electrons. The summed E-state index contributed by atoms with van der Waals surface area (Å²) in [6.07, 6.45) is -0.297. The summed E-state index contributed by atoms with van der Waals surface area (Å²) in [6, 6.07) is 5.59. The van der Waals surface area contributed by atoms with Gasteiger partial charge >= 0.3 is 0 Å². The lowest BCUT2D eigenvalue weighted by molar-refractivity contribution is -0.0443. The van der Waals surface area contributed by atoms with Crippen LogP contribution in [0.25, 0.3) is 0 Å². The van der Waals surface area contributed by atoms with Gasteiger partial charge in [-0.3, -0.25) is 0 Å². The van der Waals surface area contributed by atoms with E-state index in [0.717, 1.165) is 17.1 Å². The van der Waals surface area contributed by atoms with E-state index in [4.69, 9.17) is 18.9 Å². The summed E-state index contributed by atoms with van der Waals surface area (Å²) in [5.74, 6) is 1.48. The van der Waals surface area contributed by atoms with Gasteiger partial charge in [0.1, 0.15) is 11.5 Å². The molecular weight excluding hydrogens is 196 g/mol. The molecule has 0 unspecified atom stereocenters. The fourth-order valence-electron chi connectivity index (χ4n) is 1.52. The Bertz CT molecular complexity index is 309. The highest BCUT2D eigenvalue weighted by molar-refractivity contribution is 5.39. The van der Waals surface area contributed by atoms with Crippen LogP contribution < -0.4 is 9.47 Å². The van der Waals surface area contributed by atoms with Crippen molar-refractivity contribution in [1.29, 1.82) is 0 Å². The normalized spacial score (nSPS) is 16.7. The topological polar surface area (TPSA) is 36.9 Å². The number of hydrogen-bond donors (Lipinski definition) is 0. The van der Waals surface area contributed by atoms with Crippen molar-refractivity contribution in [1.82, 2.24) is 0 Å². The molecule has 0 aromatic heterocycles. The van der Waals surface area contributed by atoms with Gasteiger partial charge in [-0.2, -0.15) is 0 Å². The highest BCUT2D eigenvalue weighted by atomic mass is 16.7. The zero-order valence-electron chi connectivity index (χ0n) is 8.86. The zero-order chi connectivity index (χ0) is 10.7. The molecule has 1 saturated heterocycles. The standard InChI is InChI=1S/C11H14O4/c1-12-9-5-8(6-10(7-9)13-2)11-14-3-4-15-11/h5-7,11H,3-4H2,1-2H3. The van der Waals surface area contributed by atoms with E-state index in [1.165, 1.54) is 0 Å². The number of benzene rings is 1. The maximum absolute atomic E-state index is 5.40. The molecule has 0 aliphatic carbocycles. The fraction of sp³-hybridized carbons (Fsp3) is 0.455. The Kier molecular flexibility index (Phi) is 3.08. The van der Waals surface area contributed by atoms with E-state index < -0.39 is 0 Å². The van der Waals surface area contributed by atoms with Gasteiger partial charge in [0.05, 0.1) is 27.4 Å². The number of methoxy groups -OCH3 is 2. The van der Waals surface area contributed by atoms with E-state index in [-0.39, 0.29) is 6.29 Å². The number of ether oxygens (including phenoxy) is 4. The van der Waals surface area contributed by atoms with Crippen LogP contribution in [0.4, 0.5) is 0 Å². The molecule has 1 aromatic carbocycles. The molecule has 82 valence electrons. The van der Waals surface area contributed by atoms with Crippen LogP contribution in [0.1, 0.15) is 11.9 Å². The molecule has 2 rings (SSSR count). The van der Waals surface area contributed by atoms with Crippen molar-refractivity contribution in [2.75, 3.05) is 27.4 Å². The fourth-order valence-corrected chi connectivity index (χ4v) is 1.52. The van der Waals surface area contributed by atoms with Crippen molar-refractivity contribution in [2.24, 2.45) is 0 Å². The van der Waals surface area contributed by atoms with Crippen molar-refractivity contribution in [3.05, 3.63) is 23.8 Å². The largest absolute Gasteiger partial charge is 0.497 e. The molecule has 15 heavy (non-hydrogen) atoms. The maximum atomic E-state index is 5.40. The quantitative estimate of drug-likeness (QED) is 0.761. The van der Waals surface area contributed by atoms with E-state index in [9.17, 15) is 0 Å². The number of rotatable bonds is 3. The van der Waals surface area contributed by atoms with Gasteiger partial charge in [0.2, 0.25) is 0 Å². The predicted octanol–water partition coefficient (Wildman–Crippen LogP) is 1.75. The molecule has 0 saturated carbocycles. The van der Waals surface area contributed by atoms with Gasteiger partial charge in [-0.05, 0) is 12.1 Å². The van der Waals surface area contributed by atoms with Crippen molar-refractivity contribution in [3.8, 4) is 11.5 Å². The van der Waals surface area contributed by atoms with Gasteiger partial charge in [0.25, 0.3) is 0 Å². The minimum Gasteiger partial charge on any atom is -0.497 e. The van der Waals surface area contributed by atoms with E-state index in [2.05, 4.69) is 0 Å². The maximum Gasteiger partial charge on any atom is 0.184 e. The Labute approximate surface area is 88.7 Å². The Hall–Kier alpha value is -1.26. The first-order valence-corrected chi connectivity index (χ1v) is 4.79. The SMILES string of the molecule is COc1cc(OC)cc(C2OCCO2)c1. The summed E-state index contributed by atoms with van der Waals surface area (Å²) in [5.41, 5.74) is 0.920. The van der Waals surface area contributed by atoms with E-state index >= 15 is 0 Å². The van der Waals surface area contributed by atoms with Crippen LogP contribution in [0.3, 0.4) is 0 Å². The van der Waals surface area contributed by atoms with Crippen LogP contribution in [0, 0.1) is 0 Å². The summed E-state index contributed by atoms with van der Waals surface area (Å²) in [5, 5.41) is 0. The number of hydrogen-bond acceptors (Lipinski definition) is 4. The van der Waals surface area contributed by atoms with Crippen molar-refractivity contribution in [2.45, 2.75) is 6.29 Å². The molecular formula is C11H14O4. The average Bonchev–Trinajstić information content (AvgIpc) is 2.81. The van der Waals surface area contributed by atoms with Crippen LogP contribution in [0.15, 0.2) is 18.2 Å². The Morgan fingerprint density at radius 2 is 1.53 bits per heavy atom. The van der Waals surface area contributed by atoms with Crippen LogP contribution >= 0.6 is 0 Å². The molecule has 1 aromatic rings. The Morgan fingerprint density at radius 3 is 2.00 bits per heavy atom. The van der Waals surface area contributed by atoms with Gasteiger partial charge in [-0.25, -0.2) is 0 Å². The van der Waals surface area contributed by atoms with Crippen LogP contribution in [0.2, 0.25) is 0 Å². The average molecular weight is 210 g/mol. The van der Waals surface area contributed by atoms with E-state index in [0.29, 0.717) is 13.2 Å². The molecule has 0 bridgehead atoms. The van der Waals surface area contributed by atoms with Crippen LogP contribution in [-0.4, -0.2) is 27.4 Å². The molecule has 0 N–H and O–H groups in total. The first kappa shape index (κ1) is 10.3. The molecule has 1 aliphatic rings. The minimum absolute atomic E-state index is 0.297.